The molecule has 1 saturated carbocycles. The second-order valence-corrected chi connectivity index (χ2v) is 7.98. The average Bonchev–Trinajstić information content (AvgIpc) is 3.42. The minimum atomic E-state index is -4.27. The van der Waals surface area contributed by atoms with Gasteiger partial charge < -0.3 is 5.32 Å². The molecule has 3 aromatic heterocycles. The van der Waals surface area contributed by atoms with E-state index in [1.165, 1.54) is 12.4 Å². The van der Waals surface area contributed by atoms with Crippen molar-refractivity contribution in [3.8, 4) is 0 Å². The molecule has 34 heavy (non-hydrogen) atoms. The van der Waals surface area contributed by atoms with Crippen LogP contribution in [0, 0.1) is 0 Å². The van der Waals surface area contributed by atoms with Crippen LogP contribution in [0.1, 0.15) is 60.1 Å². The smallest absolute Gasteiger partial charge is 0.346 e. The minimum Gasteiger partial charge on any atom is -0.346 e. The van der Waals surface area contributed by atoms with Gasteiger partial charge in [0, 0.05) is 25.6 Å². The third-order valence-electron chi connectivity index (χ3n) is 5.16. The Balaban J connectivity index is 0.000000343. The summed E-state index contributed by atoms with van der Waals surface area (Å²) in [4.78, 5) is 16.4. The molecule has 1 N–H and O–H groups in total. The lowest BCUT2D eigenvalue weighted by molar-refractivity contribution is -0.137. The lowest BCUT2D eigenvalue weighted by Crippen LogP contribution is -2.22. The number of aryl methyl sites for hydroxylation is 1. The quantitative estimate of drug-likeness (QED) is 0.498. The predicted octanol–water partition coefficient (Wildman–Crippen LogP) is 5.04. The van der Waals surface area contributed by atoms with Crippen molar-refractivity contribution >= 4 is 17.6 Å². The van der Waals surface area contributed by atoms with Gasteiger partial charge in [0.1, 0.15) is 0 Å². The summed E-state index contributed by atoms with van der Waals surface area (Å²) in [5, 5.41) is 10.6. The third-order valence-corrected chi connectivity index (χ3v) is 5.16. The monoisotopic (exact) mass is 484 g/mol. The molecule has 184 valence electrons. The molecule has 0 atom stereocenters. The number of imidazole rings is 1. The topological polar surface area (TPSA) is 77.1 Å². The summed E-state index contributed by atoms with van der Waals surface area (Å²) in [6.07, 6.45) is 4.87. The highest BCUT2D eigenvalue weighted by Gasteiger charge is 2.30. The number of carbonyl (C=O) groups excluding carboxylic acids is 1. The fourth-order valence-electron chi connectivity index (χ4n) is 3.32. The zero-order valence-electron chi connectivity index (χ0n) is 18.4. The van der Waals surface area contributed by atoms with Crippen molar-refractivity contribution in [2.75, 3.05) is 0 Å². The first-order chi connectivity index (χ1) is 16.0. The summed E-state index contributed by atoms with van der Waals surface area (Å²) in [7, 11) is 0. The zero-order valence-corrected chi connectivity index (χ0v) is 18.4. The van der Waals surface area contributed by atoms with Gasteiger partial charge in [-0.25, -0.2) is 18.3 Å². The second-order valence-electron chi connectivity index (χ2n) is 7.98. The fraction of sp³-hybridized carbons (Fsp3) is 0.455. The lowest BCUT2D eigenvalue weighted by Gasteiger charge is -2.20. The first kappa shape index (κ1) is 25.3. The number of nitrogens with zero attached hydrogens (tertiary/aromatic N) is 5. The van der Waals surface area contributed by atoms with Crippen molar-refractivity contribution in [3.63, 3.8) is 0 Å². The number of halogens is 5. The van der Waals surface area contributed by atoms with Crippen LogP contribution in [-0.4, -0.2) is 42.4 Å². The number of carbonyl (C=O) groups is 1. The SMILES string of the molecule is C=Cc1cnn2cc(CNC(=O)c3cnn(CCC(F)(F)F)c3)nc2c1.FC1(F)CCCCC1. The van der Waals surface area contributed by atoms with E-state index in [0.29, 0.717) is 24.2 Å². The Hall–Kier alpha value is -3.31. The van der Waals surface area contributed by atoms with Gasteiger partial charge in [-0.05, 0) is 24.5 Å². The van der Waals surface area contributed by atoms with E-state index in [1.54, 1.807) is 29.1 Å². The number of rotatable bonds is 6. The maximum Gasteiger partial charge on any atom is 0.390 e. The van der Waals surface area contributed by atoms with E-state index in [1.807, 2.05) is 0 Å². The van der Waals surface area contributed by atoms with E-state index >= 15 is 0 Å². The molecule has 12 heteroatoms. The van der Waals surface area contributed by atoms with Gasteiger partial charge >= 0.3 is 6.18 Å². The molecular formula is C22H25F5N6O. The molecule has 0 unspecified atom stereocenters. The van der Waals surface area contributed by atoms with Crippen molar-refractivity contribution in [2.45, 2.75) is 63.7 Å². The van der Waals surface area contributed by atoms with Crippen LogP contribution in [0.4, 0.5) is 22.0 Å². The van der Waals surface area contributed by atoms with Crippen LogP contribution in [0.3, 0.4) is 0 Å². The van der Waals surface area contributed by atoms with Crippen LogP contribution >= 0.6 is 0 Å². The number of alkyl halides is 5. The number of amides is 1. The predicted molar refractivity (Wildman–Crippen MR) is 115 cm³/mol. The second kappa shape index (κ2) is 10.7. The molecule has 3 aromatic rings. The molecule has 0 aromatic carbocycles. The van der Waals surface area contributed by atoms with Crippen LogP contribution in [0.2, 0.25) is 0 Å². The van der Waals surface area contributed by atoms with Crippen LogP contribution in [0.25, 0.3) is 11.7 Å². The van der Waals surface area contributed by atoms with Gasteiger partial charge in [0.05, 0.1) is 42.8 Å². The molecule has 4 rings (SSSR count). The molecule has 3 heterocycles. The molecule has 0 bridgehead atoms. The lowest BCUT2D eigenvalue weighted by atomic mass is 9.97. The Labute approximate surface area is 192 Å². The fourth-order valence-corrected chi connectivity index (χ4v) is 3.32. The molecule has 1 fully saturated rings. The first-order valence-corrected chi connectivity index (χ1v) is 10.8. The highest BCUT2D eigenvalue weighted by atomic mass is 19.4. The molecule has 7 nitrogen and oxygen atoms in total. The Morgan fingerprint density at radius 3 is 2.50 bits per heavy atom. The Bertz CT molecular complexity index is 1110. The van der Waals surface area contributed by atoms with Crippen LogP contribution in [-0.2, 0) is 13.1 Å². The molecule has 0 saturated heterocycles. The van der Waals surface area contributed by atoms with Gasteiger partial charge in [-0.1, -0.05) is 19.1 Å². The van der Waals surface area contributed by atoms with Crippen LogP contribution < -0.4 is 5.32 Å². The maximum atomic E-state index is 12.2. The van der Waals surface area contributed by atoms with Gasteiger partial charge in [-0.3, -0.25) is 9.48 Å². The van der Waals surface area contributed by atoms with E-state index in [4.69, 9.17) is 0 Å². The van der Waals surface area contributed by atoms with Crippen LogP contribution in [0.15, 0.2) is 37.4 Å². The van der Waals surface area contributed by atoms with Crippen molar-refractivity contribution in [3.05, 3.63) is 54.3 Å². The number of hydrogen-bond acceptors (Lipinski definition) is 4. The van der Waals surface area contributed by atoms with Gasteiger partial charge in [-0.15, -0.1) is 0 Å². The van der Waals surface area contributed by atoms with E-state index in [9.17, 15) is 26.7 Å². The van der Waals surface area contributed by atoms with Gasteiger partial charge in [0.2, 0.25) is 5.92 Å². The summed E-state index contributed by atoms with van der Waals surface area (Å²) in [5.41, 5.74) is 2.22. The Kier molecular flexibility index (Phi) is 8.00. The number of aromatic nitrogens is 5. The minimum absolute atomic E-state index is 0.118. The third kappa shape index (κ3) is 7.63. The number of nitrogens with one attached hydrogen (secondary N) is 1. The molecular weight excluding hydrogens is 459 g/mol. The number of fused-ring (bicyclic) bond motifs is 1. The Morgan fingerprint density at radius 1 is 1.15 bits per heavy atom. The van der Waals surface area contributed by atoms with Gasteiger partial charge in [0.25, 0.3) is 5.91 Å². The summed E-state index contributed by atoms with van der Waals surface area (Å²) in [6.45, 7) is 3.48. The van der Waals surface area contributed by atoms with Crippen molar-refractivity contribution in [2.24, 2.45) is 0 Å². The largest absolute Gasteiger partial charge is 0.390 e. The summed E-state index contributed by atoms with van der Waals surface area (Å²) >= 11 is 0. The molecule has 0 radical (unpaired) electrons. The average molecular weight is 484 g/mol. The van der Waals surface area contributed by atoms with E-state index in [0.717, 1.165) is 16.7 Å². The standard InChI is InChI=1S/C16H15F3N6O.C6H10F2/c1-2-11-5-14-23-13(10-25(14)22-6-11)8-20-15(26)12-7-21-24(9-12)4-3-16(17,18)19;7-6(8)4-2-1-3-5-6/h2,5-7,9-10H,1,3-4,8H2,(H,20,26);1-5H2. The molecule has 1 aliphatic rings. The summed E-state index contributed by atoms with van der Waals surface area (Å²) < 4.78 is 63.7. The summed E-state index contributed by atoms with van der Waals surface area (Å²) in [5.74, 6) is -2.77. The first-order valence-electron chi connectivity index (χ1n) is 10.8. The van der Waals surface area contributed by atoms with E-state index in [2.05, 4.69) is 27.1 Å². The molecule has 0 aliphatic heterocycles. The zero-order chi connectivity index (χ0) is 24.8. The normalized spacial score (nSPS) is 15.4. The van der Waals surface area contributed by atoms with Crippen molar-refractivity contribution < 1.29 is 26.7 Å². The van der Waals surface area contributed by atoms with Crippen molar-refractivity contribution in [1.82, 2.24) is 29.7 Å². The highest BCUT2D eigenvalue weighted by molar-refractivity contribution is 5.93. The van der Waals surface area contributed by atoms with Gasteiger partial charge in [0.15, 0.2) is 5.65 Å². The molecule has 1 amide bonds. The number of hydrogen-bond donors (Lipinski definition) is 1. The van der Waals surface area contributed by atoms with Gasteiger partial charge in [-0.2, -0.15) is 23.4 Å². The summed E-state index contributed by atoms with van der Waals surface area (Å²) in [6, 6.07) is 1.80. The Morgan fingerprint density at radius 2 is 1.88 bits per heavy atom. The maximum absolute atomic E-state index is 12.2. The van der Waals surface area contributed by atoms with Crippen LogP contribution in [0.5, 0.6) is 0 Å². The highest BCUT2D eigenvalue weighted by Crippen LogP contribution is 2.32. The molecule has 1 aliphatic carbocycles. The molecule has 0 spiro atoms. The van der Waals surface area contributed by atoms with E-state index < -0.39 is 24.4 Å². The van der Waals surface area contributed by atoms with E-state index in [-0.39, 0.29) is 31.5 Å². The van der Waals surface area contributed by atoms with Crippen molar-refractivity contribution in [1.29, 1.82) is 0 Å².